The minimum atomic E-state index is -0.885. The molecule has 19 heavy (non-hydrogen) atoms. The highest BCUT2D eigenvalue weighted by atomic mass is 16.5. The second kappa shape index (κ2) is 5.51. The first-order chi connectivity index (χ1) is 9.02. The Hall–Kier alpha value is -1.71. The maximum absolute atomic E-state index is 11.3. The minimum Gasteiger partial charge on any atom is -0.497 e. The summed E-state index contributed by atoms with van der Waals surface area (Å²) < 4.78 is 5.21. The average molecular weight is 263 g/mol. The Balaban J connectivity index is 2.34. The van der Waals surface area contributed by atoms with Gasteiger partial charge in [-0.05, 0) is 30.4 Å². The van der Waals surface area contributed by atoms with E-state index in [1.807, 2.05) is 6.07 Å². The number of carboxylic acids is 1. The van der Waals surface area contributed by atoms with Crippen LogP contribution in [0.5, 0.6) is 5.75 Å². The molecule has 0 amide bonds. The van der Waals surface area contributed by atoms with Gasteiger partial charge in [-0.25, -0.2) is 4.79 Å². The van der Waals surface area contributed by atoms with E-state index in [1.54, 1.807) is 19.2 Å². The fraction of sp³-hybridized carbons (Fsp3) is 0.533. The maximum atomic E-state index is 11.3. The van der Waals surface area contributed by atoms with Crippen LogP contribution in [0.2, 0.25) is 0 Å². The van der Waals surface area contributed by atoms with E-state index in [0.29, 0.717) is 23.1 Å². The van der Waals surface area contributed by atoms with Crippen molar-refractivity contribution in [3.63, 3.8) is 0 Å². The van der Waals surface area contributed by atoms with Crippen LogP contribution in [0.1, 0.15) is 30.6 Å². The molecule has 104 valence electrons. The lowest BCUT2D eigenvalue weighted by atomic mass is 9.88. The van der Waals surface area contributed by atoms with Gasteiger partial charge in [-0.2, -0.15) is 0 Å². The molecule has 4 heteroatoms. The van der Waals surface area contributed by atoms with Gasteiger partial charge in [0.05, 0.1) is 18.4 Å². The highest BCUT2D eigenvalue weighted by Crippen LogP contribution is 2.31. The quantitative estimate of drug-likeness (QED) is 0.911. The molecule has 1 aromatic carbocycles. The first kappa shape index (κ1) is 13.7. The predicted molar refractivity (Wildman–Crippen MR) is 75.1 cm³/mol. The van der Waals surface area contributed by atoms with Gasteiger partial charge >= 0.3 is 5.97 Å². The molecule has 1 aliphatic rings. The molecule has 0 aromatic heterocycles. The number of benzene rings is 1. The summed E-state index contributed by atoms with van der Waals surface area (Å²) in [5, 5.41) is 9.31. The van der Waals surface area contributed by atoms with Gasteiger partial charge < -0.3 is 14.7 Å². The van der Waals surface area contributed by atoms with Crippen LogP contribution in [0.15, 0.2) is 18.2 Å². The van der Waals surface area contributed by atoms with Crippen molar-refractivity contribution in [3.05, 3.63) is 23.8 Å². The molecule has 1 aliphatic heterocycles. The van der Waals surface area contributed by atoms with Crippen molar-refractivity contribution >= 4 is 11.7 Å². The van der Waals surface area contributed by atoms with Crippen molar-refractivity contribution in [2.45, 2.75) is 20.3 Å². The lowest BCUT2D eigenvalue weighted by Gasteiger charge is -2.37. The van der Waals surface area contributed by atoms with Gasteiger partial charge in [-0.1, -0.05) is 13.8 Å². The highest BCUT2D eigenvalue weighted by molar-refractivity contribution is 5.94. The van der Waals surface area contributed by atoms with Gasteiger partial charge in [0, 0.05) is 19.2 Å². The van der Waals surface area contributed by atoms with Crippen LogP contribution in [-0.4, -0.2) is 31.3 Å². The third-order valence-corrected chi connectivity index (χ3v) is 4.11. The third-order valence-electron chi connectivity index (χ3n) is 4.11. The first-order valence-electron chi connectivity index (χ1n) is 6.69. The molecule has 2 unspecified atom stereocenters. The van der Waals surface area contributed by atoms with Crippen LogP contribution in [0, 0.1) is 11.8 Å². The molecule has 1 heterocycles. The smallest absolute Gasteiger partial charge is 0.337 e. The number of carboxylic acid groups (broad SMARTS) is 1. The fourth-order valence-corrected chi connectivity index (χ4v) is 2.56. The third kappa shape index (κ3) is 2.83. The Morgan fingerprint density at radius 1 is 1.37 bits per heavy atom. The Labute approximate surface area is 114 Å². The zero-order valence-corrected chi connectivity index (χ0v) is 11.7. The molecule has 0 bridgehead atoms. The minimum absolute atomic E-state index is 0.350. The molecular weight excluding hydrogens is 242 g/mol. The molecule has 0 aliphatic carbocycles. The van der Waals surface area contributed by atoms with Crippen molar-refractivity contribution in [2.24, 2.45) is 11.8 Å². The van der Waals surface area contributed by atoms with E-state index in [-0.39, 0.29) is 0 Å². The van der Waals surface area contributed by atoms with Crippen LogP contribution in [0.3, 0.4) is 0 Å². The summed E-state index contributed by atoms with van der Waals surface area (Å²) in [5.41, 5.74) is 1.12. The summed E-state index contributed by atoms with van der Waals surface area (Å²) in [6, 6.07) is 5.15. The van der Waals surface area contributed by atoms with Crippen molar-refractivity contribution in [1.29, 1.82) is 0 Å². The van der Waals surface area contributed by atoms with Crippen LogP contribution >= 0.6 is 0 Å². The molecule has 0 spiro atoms. The molecule has 1 saturated heterocycles. The van der Waals surface area contributed by atoms with Gasteiger partial charge in [-0.15, -0.1) is 0 Å². The van der Waals surface area contributed by atoms with Crippen molar-refractivity contribution in [1.82, 2.24) is 0 Å². The van der Waals surface area contributed by atoms with E-state index in [2.05, 4.69) is 18.7 Å². The van der Waals surface area contributed by atoms with E-state index in [0.717, 1.165) is 25.2 Å². The fourth-order valence-electron chi connectivity index (χ4n) is 2.56. The molecule has 0 saturated carbocycles. The van der Waals surface area contributed by atoms with Crippen molar-refractivity contribution in [2.75, 3.05) is 25.1 Å². The van der Waals surface area contributed by atoms with Crippen molar-refractivity contribution in [3.8, 4) is 5.75 Å². The van der Waals surface area contributed by atoms with E-state index >= 15 is 0 Å². The number of ether oxygens (including phenoxy) is 1. The molecule has 0 radical (unpaired) electrons. The molecule has 2 rings (SSSR count). The maximum Gasteiger partial charge on any atom is 0.337 e. The zero-order valence-electron chi connectivity index (χ0n) is 11.7. The summed E-state index contributed by atoms with van der Waals surface area (Å²) >= 11 is 0. The van der Waals surface area contributed by atoms with Gasteiger partial charge in [0.25, 0.3) is 0 Å². The zero-order chi connectivity index (χ0) is 14.0. The summed E-state index contributed by atoms with van der Waals surface area (Å²) in [7, 11) is 1.60. The van der Waals surface area contributed by atoms with Crippen LogP contribution < -0.4 is 9.64 Å². The van der Waals surface area contributed by atoms with Crippen LogP contribution in [0.25, 0.3) is 0 Å². The SMILES string of the molecule is COc1ccc(C(=O)O)c(N2CCC(C)C(C)C2)c1. The van der Waals surface area contributed by atoms with E-state index in [9.17, 15) is 9.90 Å². The van der Waals surface area contributed by atoms with Gasteiger partial charge in [0.15, 0.2) is 0 Å². The number of nitrogens with zero attached hydrogens (tertiary/aromatic N) is 1. The second-order valence-electron chi connectivity index (χ2n) is 5.38. The standard InChI is InChI=1S/C15H21NO3/c1-10-6-7-16(9-11(10)2)14-8-12(19-3)4-5-13(14)15(17)18/h4-5,8,10-11H,6-7,9H2,1-3H3,(H,17,18). The summed E-state index contributed by atoms with van der Waals surface area (Å²) in [6.07, 6.45) is 1.09. The van der Waals surface area contributed by atoms with Gasteiger partial charge in [0.1, 0.15) is 5.75 Å². The van der Waals surface area contributed by atoms with Crippen LogP contribution in [-0.2, 0) is 0 Å². The average Bonchev–Trinajstić information content (AvgIpc) is 2.41. The number of aromatic carboxylic acids is 1. The monoisotopic (exact) mass is 263 g/mol. The predicted octanol–water partition coefficient (Wildman–Crippen LogP) is 2.88. The summed E-state index contributed by atoms with van der Waals surface area (Å²) in [4.78, 5) is 13.5. The summed E-state index contributed by atoms with van der Waals surface area (Å²) in [6.45, 7) is 6.27. The Morgan fingerprint density at radius 3 is 2.68 bits per heavy atom. The number of methoxy groups -OCH3 is 1. The number of piperidine rings is 1. The van der Waals surface area contributed by atoms with Crippen molar-refractivity contribution < 1.29 is 14.6 Å². The van der Waals surface area contributed by atoms with Gasteiger partial charge in [-0.3, -0.25) is 0 Å². The topological polar surface area (TPSA) is 49.8 Å². The molecule has 1 fully saturated rings. The number of anilines is 1. The second-order valence-corrected chi connectivity index (χ2v) is 5.38. The lowest BCUT2D eigenvalue weighted by molar-refractivity contribution is 0.0697. The molecule has 4 nitrogen and oxygen atoms in total. The van der Waals surface area contributed by atoms with E-state index in [4.69, 9.17) is 4.74 Å². The summed E-state index contributed by atoms with van der Waals surface area (Å²) in [5.74, 6) is 1.08. The molecular formula is C15H21NO3. The first-order valence-corrected chi connectivity index (χ1v) is 6.69. The van der Waals surface area contributed by atoms with E-state index in [1.165, 1.54) is 0 Å². The largest absolute Gasteiger partial charge is 0.497 e. The Kier molecular flexibility index (Phi) is 3.98. The van der Waals surface area contributed by atoms with Crippen LogP contribution in [0.4, 0.5) is 5.69 Å². The van der Waals surface area contributed by atoms with E-state index < -0.39 is 5.97 Å². The number of hydrogen-bond acceptors (Lipinski definition) is 3. The van der Waals surface area contributed by atoms with Gasteiger partial charge in [0.2, 0.25) is 0 Å². The Bertz CT molecular complexity index is 472. The number of hydrogen-bond donors (Lipinski definition) is 1. The molecule has 1 N–H and O–H groups in total. The number of carbonyl (C=O) groups is 1. The Morgan fingerprint density at radius 2 is 2.11 bits per heavy atom. The highest BCUT2D eigenvalue weighted by Gasteiger charge is 2.25. The molecule has 1 aromatic rings. The number of rotatable bonds is 3. The normalized spacial score (nSPS) is 23.2. The lowest BCUT2D eigenvalue weighted by Crippen LogP contribution is -2.39. The molecule has 2 atom stereocenters.